The third kappa shape index (κ3) is 6.77. The van der Waals surface area contributed by atoms with Crippen LogP contribution in [0.3, 0.4) is 0 Å². The zero-order valence-corrected chi connectivity index (χ0v) is 25.0. The topological polar surface area (TPSA) is 98.2 Å². The van der Waals surface area contributed by atoms with Gasteiger partial charge in [-0.05, 0) is 0 Å². The summed E-state index contributed by atoms with van der Waals surface area (Å²) in [5, 5.41) is 13.7. The van der Waals surface area contributed by atoms with Crippen molar-refractivity contribution in [1.82, 2.24) is 30.0 Å². The first-order valence-corrected chi connectivity index (χ1v) is 17.0. The Hall–Kier alpha value is -2.41. The van der Waals surface area contributed by atoms with Crippen LogP contribution < -0.4 is 16.8 Å². The van der Waals surface area contributed by atoms with Crippen LogP contribution in [0.25, 0.3) is 11.0 Å². The fourth-order valence-corrected chi connectivity index (χ4v) is 9.65. The molecule has 0 amide bonds. The summed E-state index contributed by atoms with van der Waals surface area (Å²) in [5.74, 6) is 1.38. The molecule has 11 heteroatoms. The van der Waals surface area contributed by atoms with Crippen molar-refractivity contribution in [1.29, 1.82) is 0 Å². The van der Waals surface area contributed by atoms with Crippen LogP contribution in [0.4, 0.5) is 11.4 Å². The van der Waals surface area contributed by atoms with Crippen molar-refractivity contribution < 1.29 is 9.47 Å². The van der Waals surface area contributed by atoms with Gasteiger partial charge in [0.1, 0.15) is 0 Å². The number of fused-ring (bicyclic) bond motifs is 1. The molecule has 5 heterocycles. The number of morpholine rings is 1. The van der Waals surface area contributed by atoms with E-state index >= 15 is 0 Å². The van der Waals surface area contributed by atoms with Gasteiger partial charge in [-0.25, -0.2) is 0 Å². The van der Waals surface area contributed by atoms with Crippen molar-refractivity contribution in [3.63, 3.8) is 0 Å². The zero-order chi connectivity index (χ0) is 25.6. The summed E-state index contributed by atoms with van der Waals surface area (Å²) in [4.78, 5) is 16.3. The molecular formula is C27H31N7O2SSn. The monoisotopic (exact) mass is 637 g/mol. The average molecular weight is 636 g/mol. The standard InChI is InChI=1S/C20H22N5O2.C7H9N2S.Sn/c1-3-19-20(22-4-1)12-17(14-23-19)24-16-11-18(15-21-13-16)27-8-2-5-25-6-9-26-10-7-25;1-2-4-6(3-1)7-9-8-5-10-7;/h1,3,11-15,24H,2,5-10H2;6H,1-4H2;. The number of nitrogens with zero attached hydrogens (tertiary/aromatic N) is 6. The van der Waals surface area contributed by atoms with Crippen molar-refractivity contribution in [2.75, 3.05) is 44.8 Å². The Morgan fingerprint density at radius 2 is 1.89 bits per heavy atom. The fraction of sp³-hybridized carbons (Fsp3) is 0.444. The summed E-state index contributed by atoms with van der Waals surface area (Å²) in [6.45, 7) is 5.34. The third-order valence-corrected chi connectivity index (χ3v) is 11.8. The molecule has 9 nitrogen and oxygen atoms in total. The van der Waals surface area contributed by atoms with E-state index in [0.29, 0.717) is 12.5 Å². The van der Waals surface area contributed by atoms with Crippen LogP contribution in [0.15, 0.2) is 42.9 Å². The predicted molar refractivity (Wildman–Crippen MR) is 151 cm³/mol. The van der Waals surface area contributed by atoms with Gasteiger partial charge in [0.05, 0.1) is 13.2 Å². The number of nitrogens with one attached hydrogen (secondary N) is 1. The summed E-state index contributed by atoms with van der Waals surface area (Å²) < 4.78 is 13.7. The SMILES string of the molecule is c1ncc(OCCCN2CCOCC2)cc1Nc1cnc2cc[c]([Sn][c]3nnc(C4CCCC4)s3)nc2c1. The molecule has 1 saturated heterocycles. The number of hydrogen-bond donors (Lipinski definition) is 1. The summed E-state index contributed by atoms with van der Waals surface area (Å²) in [6.07, 6.45) is 11.5. The van der Waals surface area contributed by atoms with E-state index in [-0.39, 0.29) is 0 Å². The van der Waals surface area contributed by atoms with Gasteiger partial charge in [-0.2, -0.15) is 0 Å². The summed E-state index contributed by atoms with van der Waals surface area (Å²) in [6, 6.07) is 8.19. The maximum absolute atomic E-state index is 5.96. The first-order chi connectivity index (χ1) is 18.8. The molecule has 2 fully saturated rings. The Morgan fingerprint density at radius 3 is 2.79 bits per heavy atom. The molecule has 6 rings (SSSR count). The second-order valence-electron chi connectivity index (χ2n) is 9.70. The maximum atomic E-state index is 5.96. The average Bonchev–Trinajstić information content (AvgIpc) is 3.65. The number of anilines is 2. The molecule has 0 bridgehead atoms. The van der Waals surface area contributed by atoms with Crippen molar-refractivity contribution in [2.45, 2.75) is 38.0 Å². The van der Waals surface area contributed by atoms with Crippen LogP contribution in [-0.2, 0) is 4.74 Å². The molecule has 1 aliphatic heterocycles. The fourth-order valence-electron chi connectivity index (χ4n) is 4.91. The van der Waals surface area contributed by atoms with Gasteiger partial charge in [-0.1, -0.05) is 0 Å². The predicted octanol–water partition coefficient (Wildman–Crippen LogP) is 3.03. The van der Waals surface area contributed by atoms with Gasteiger partial charge in [0.25, 0.3) is 0 Å². The molecule has 1 aliphatic carbocycles. The van der Waals surface area contributed by atoms with Crippen molar-refractivity contribution in [3.8, 4) is 5.75 Å². The van der Waals surface area contributed by atoms with E-state index < -0.39 is 21.1 Å². The van der Waals surface area contributed by atoms with Gasteiger partial charge >= 0.3 is 195 Å². The van der Waals surface area contributed by atoms with Gasteiger partial charge in [0.15, 0.2) is 0 Å². The van der Waals surface area contributed by atoms with Gasteiger partial charge in [-0.15, -0.1) is 0 Å². The Kier molecular flexibility index (Phi) is 8.59. The molecule has 196 valence electrons. The number of pyridine rings is 3. The van der Waals surface area contributed by atoms with E-state index in [1.165, 1.54) is 33.7 Å². The van der Waals surface area contributed by atoms with Gasteiger partial charge in [0, 0.05) is 19.6 Å². The van der Waals surface area contributed by atoms with E-state index in [4.69, 9.17) is 14.5 Å². The normalized spacial score (nSPS) is 16.7. The second kappa shape index (κ2) is 12.6. The molecule has 2 radical (unpaired) electrons. The van der Waals surface area contributed by atoms with Crippen LogP contribution in [0, 0.1) is 0 Å². The molecule has 2 aliphatic rings. The van der Waals surface area contributed by atoms with Crippen LogP contribution in [0.2, 0.25) is 0 Å². The van der Waals surface area contributed by atoms with Gasteiger partial charge < -0.3 is 4.74 Å². The molecule has 38 heavy (non-hydrogen) atoms. The van der Waals surface area contributed by atoms with Gasteiger partial charge in [-0.3, -0.25) is 4.90 Å². The van der Waals surface area contributed by atoms with Crippen LogP contribution in [0.1, 0.15) is 43.0 Å². The van der Waals surface area contributed by atoms with Crippen molar-refractivity contribution >= 4 is 61.6 Å². The Bertz CT molecular complexity index is 1360. The Balaban J connectivity index is 1.07. The Labute approximate surface area is 236 Å². The molecule has 4 aromatic rings. The first-order valence-electron chi connectivity index (χ1n) is 13.3. The zero-order valence-electron chi connectivity index (χ0n) is 21.3. The Morgan fingerprint density at radius 1 is 1.03 bits per heavy atom. The van der Waals surface area contributed by atoms with E-state index in [1.807, 2.05) is 29.7 Å². The molecule has 1 saturated carbocycles. The van der Waals surface area contributed by atoms with Gasteiger partial charge in [0.2, 0.25) is 0 Å². The number of aromatic nitrogens is 5. The molecule has 1 N–H and O–H groups in total. The first kappa shape index (κ1) is 25.8. The number of rotatable bonds is 10. The minimum atomic E-state index is -1.10. The van der Waals surface area contributed by atoms with Crippen molar-refractivity contribution in [2.24, 2.45) is 0 Å². The molecular weight excluding hydrogens is 605 g/mol. The second-order valence-corrected chi connectivity index (χ2v) is 15.3. The summed E-state index contributed by atoms with van der Waals surface area (Å²) >= 11 is 0.713. The molecule has 0 spiro atoms. The van der Waals surface area contributed by atoms with Crippen molar-refractivity contribution in [3.05, 3.63) is 47.9 Å². The van der Waals surface area contributed by atoms with E-state index in [1.54, 1.807) is 12.4 Å². The van der Waals surface area contributed by atoms with Crippen LogP contribution in [0.5, 0.6) is 5.75 Å². The van der Waals surface area contributed by atoms with Crippen LogP contribution >= 0.6 is 11.3 Å². The minimum absolute atomic E-state index is 0.622. The quantitative estimate of drug-likeness (QED) is 0.208. The van der Waals surface area contributed by atoms with Crippen LogP contribution in [-0.4, -0.2) is 90.6 Å². The molecule has 0 unspecified atom stereocenters. The number of hydrogen-bond acceptors (Lipinski definition) is 10. The van der Waals surface area contributed by atoms with E-state index in [0.717, 1.165) is 71.1 Å². The summed E-state index contributed by atoms with van der Waals surface area (Å²) in [5.41, 5.74) is 3.51. The van der Waals surface area contributed by atoms with E-state index in [9.17, 15) is 0 Å². The van der Waals surface area contributed by atoms with E-state index in [2.05, 4.69) is 42.5 Å². The molecule has 4 aromatic heterocycles. The number of ether oxygens (including phenoxy) is 2. The molecule has 0 atom stereocenters. The third-order valence-electron chi connectivity index (χ3n) is 6.91. The molecule has 0 aromatic carbocycles. The summed E-state index contributed by atoms with van der Waals surface area (Å²) in [7, 11) is 0.